The number of anilines is 1. The van der Waals surface area contributed by atoms with Gasteiger partial charge in [0.05, 0.1) is 34.0 Å². The Kier molecular flexibility index (Phi) is 7.15. The topological polar surface area (TPSA) is 75.6 Å². The van der Waals surface area contributed by atoms with Crippen LogP contribution in [-0.4, -0.2) is 75.3 Å². The highest BCUT2D eigenvalue weighted by Gasteiger charge is 2.22. The molecule has 0 spiro atoms. The third-order valence-electron chi connectivity index (χ3n) is 5.12. The molecule has 1 aromatic heterocycles. The number of nitrogens with zero attached hydrogens (tertiary/aromatic N) is 3. The lowest BCUT2D eigenvalue weighted by molar-refractivity contribution is 0.0703. The fraction of sp³-hybridized carbons (Fsp3) is 0.650. The van der Waals surface area contributed by atoms with Crippen molar-refractivity contribution in [2.45, 2.75) is 49.6 Å². The quantitative estimate of drug-likeness (QED) is 0.562. The normalized spacial score (nSPS) is 17.4. The van der Waals surface area contributed by atoms with Crippen LogP contribution in [0.4, 0.5) is 5.69 Å². The third-order valence-corrected chi connectivity index (χ3v) is 6.67. The number of nitrogens with one attached hydrogen (secondary N) is 1. The summed E-state index contributed by atoms with van der Waals surface area (Å²) in [4.78, 5) is 12.7. The van der Waals surface area contributed by atoms with E-state index in [1.165, 1.54) is 0 Å². The van der Waals surface area contributed by atoms with E-state index in [1.807, 2.05) is 19.9 Å². The standard InChI is InChI=1S/C20H31ClN4O2S/c1-4-14(13-20(2,3)27)28-19-22-16-11-15(21)18(12-17(16)23-19)25-7-5-24(6-8-25)9-10-26/h11-12,14,26-27H,4-10,13H2,1-3H3,(H,22,23). The second kappa shape index (κ2) is 9.22. The van der Waals surface area contributed by atoms with E-state index in [9.17, 15) is 5.11 Å². The summed E-state index contributed by atoms with van der Waals surface area (Å²) in [6.07, 6.45) is 1.69. The van der Waals surface area contributed by atoms with E-state index in [0.717, 1.165) is 72.5 Å². The monoisotopic (exact) mass is 426 g/mol. The number of piperazine rings is 1. The molecule has 0 bridgehead atoms. The number of β-amino-alcohol motifs (C(OH)–C–C–N with tert-alkyl or cyclic N) is 1. The van der Waals surface area contributed by atoms with Gasteiger partial charge in [-0.1, -0.05) is 30.3 Å². The number of aliphatic hydroxyl groups excluding tert-OH is 1. The van der Waals surface area contributed by atoms with Gasteiger partial charge in [-0.25, -0.2) is 4.98 Å². The van der Waals surface area contributed by atoms with Gasteiger partial charge in [-0.3, -0.25) is 4.90 Å². The summed E-state index contributed by atoms with van der Waals surface area (Å²) >= 11 is 8.26. The van der Waals surface area contributed by atoms with Gasteiger partial charge in [0.1, 0.15) is 0 Å². The molecule has 2 aromatic rings. The van der Waals surface area contributed by atoms with Crippen LogP contribution in [-0.2, 0) is 0 Å². The Morgan fingerprint density at radius 3 is 2.61 bits per heavy atom. The van der Waals surface area contributed by atoms with E-state index in [1.54, 1.807) is 11.8 Å². The number of thioether (sulfide) groups is 1. The van der Waals surface area contributed by atoms with Gasteiger partial charge >= 0.3 is 0 Å². The molecule has 0 amide bonds. The van der Waals surface area contributed by atoms with Crippen molar-refractivity contribution in [3.05, 3.63) is 17.2 Å². The average molecular weight is 427 g/mol. The molecule has 0 saturated carbocycles. The molecular weight excluding hydrogens is 396 g/mol. The summed E-state index contributed by atoms with van der Waals surface area (Å²) in [5.74, 6) is 0. The number of aromatic amines is 1. The number of hydrogen-bond donors (Lipinski definition) is 3. The second-order valence-electron chi connectivity index (χ2n) is 8.08. The number of fused-ring (bicyclic) bond motifs is 1. The minimum Gasteiger partial charge on any atom is -0.395 e. The Labute approximate surface area is 176 Å². The summed E-state index contributed by atoms with van der Waals surface area (Å²) < 4.78 is 0. The Morgan fingerprint density at radius 2 is 2.00 bits per heavy atom. The van der Waals surface area contributed by atoms with E-state index in [2.05, 4.69) is 27.8 Å². The molecule has 1 unspecified atom stereocenters. The summed E-state index contributed by atoms with van der Waals surface area (Å²) in [5.41, 5.74) is 2.18. The van der Waals surface area contributed by atoms with Gasteiger partial charge in [-0.15, -0.1) is 0 Å². The molecule has 1 fully saturated rings. The summed E-state index contributed by atoms with van der Waals surface area (Å²) in [5, 5.41) is 21.1. The Morgan fingerprint density at radius 1 is 1.29 bits per heavy atom. The van der Waals surface area contributed by atoms with Crippen LogP contribution >= 0.6 is 23.4 Å². The lowest BCUT2D eigenvalue weighted by Gasteiger charge is -2.36. The van der Waals surface area contributed by atoms with Gasteiger partial charge in [-0.05, 0) is 38.8 Å². The molecule has 1 atom stereocenters. The van der Waals surface area contributed by atoms with Crippen LogP contribution in [0.5, 0.6) is 0 Å². The molecule has 1 aromatic carbocycles. The summed E-state index contributed by atoms with van der Waals surface area (Å²) in [6, 6.07) is 4.02. The van der Waals surface area contributed by atoms with E-state index < -0.39 is 5.60 Å². The Bertz CT molecular complexity index is 784. The second-order valence-corrected chi connectivity index (χ2v) is 9.78. The number of aromatic nitrogens is 2. The van der Waals surface area contributed by atoms with E-state index in [-0.39, 0.29) is 6.61 Å². The minimum absolute atomic E-state index is 0.201. The number of benzene rings is 1. The van der Waals surface area contributed by atoms with Crippen LogP contribution in [0.2, 0.25) is 5.02 Å². The first-order valence-electron chi connectivity index (χ1n) is 9.95. The Balaban J connectivity index is 1.74. The molecule has 1 aliphatic heterocycles. The highest BCUT2D eigenvalue weighted by atomic mass is 35.5. The van der Waals surface area contributed by atoms with Gasteiger partial charge in [0.15, 0.2) is 5.16 Å². The molecule has 2 heterocycles. The maximum Gasteiger partial charge on any atom is 0.166 e. The SMILES string of the molecule is CCC(CC(C)(C)O)Sc1nc2cc(N3CCN(CCO)CC3)c(Cl)cc2[nH]1. The number of halogens is 1. The Hall–Kier alpha value is -0.990. The summed E-state index contributed by atoms with van der Waals surface area (Å²) in [7, 11) is 0. The van der Waals surface area contributed by atoms with E-state index in [4.69, 9.17) is 21.7 Å². The van der Waals surface area contributed by atoms with Gasteiger partial charge in [0.2, 0.25) is 0 Å². The maximum absolute atomic E-state index is 10.1. The fourth-order valence-electron chi connectivity index (χ4n) is 3.63. The number of imidazole rings is 1. The molecule has 3 N–H and O–H groups in total. The molecule has 0 radical (unpaired) electrons. The first-order chi connectivity index (χ1) is 13.3. The fourth-order valence-corrected chi connectivity index (χ4v) is 5.21. The van der Waals surface area contributed by atoms with Crippen LogP contribution in [0.15, 0.2) is 17.3 Å². The van der Waals surface area contributed by atoms with Gasteiger partial charge in [0.25, 0.3) is 0 Å². The molecular formula is C20H31ClN4O2S. The number of aliphatic hydroxyl groups is 2. The van der Waals surface area contributed by atoms with Crippen molar-refractivity contribution < 1.29 is 10.2 Å². The van der Waals surface area contributed by atoms with Crippen LogP contribution in [0.25, 0.3) is 11.0 Å². The highest BCUT2D eigenvalue weighted by Crippen LogP contribution is 2.34. The lowest BCUT2D eigenvalue weighted by Crippen LogP contribution is -2.47. The van der Waals surface area contributed by atoms with Crippen molar-refractivity contribution in [2.75, 3.05) is 44.2 Å². The van der Waals surface area contributed by atoms with Crippen LogP contribution < -0.4 is 4.90 Å². The predicted octanol–water partition coefficient (Wildman–Crippen LogP) is 3.36. The molecule has 0 aliphatic carbocycles. The molecule has 1 aliphatic rings. The minimum atomic E-state index is -0.686. The molecule has 3 rings (SSSR count). The van der Waals surface area contributed by atoms with Gasteiger partial charge in [0, 0.05) is 38.0 Å². The molecule has 156 valence electrons. The van der Waals surface area contributed by atoms with Crippen molar-refractivity contribution in [3.8, 4) is 0 Å². The van der Waals surface area contributed by atoms with Gasteiger partial charge in [-0.2, -0.15) is 0 Å². The zero-order valence-electron chi connectivity index (χ0n) is 16.9. The summed E-state index contributed by atoms with van der Waals surface area (Å²) in [6.45, 7) is 10.4. The molecule has 8 heteroatoms. The van der Waals surface area contributed by atoms with Gasteiger partial charge < -0.3 is 20.1 Å². The number of hydrogen-bond acceptors (Lipinski definition) is 6. The smallest absolute Gasteiger partial charge is 0.166 e. The zero-order valence-corrected chi connectivity index (χ0v) is 18.5. The number of rotatable bonds is 8. The van der Waals surface area contributed by atoms with E-state index >= 15 is 0 Å². The first kappa shape index (κ1) is 21.7. The van der Waals surface area contributed by atoms with Crippen molar-refractivity contribution in [1.29, 1.82) is 0 Å². The maximum atomic E-state index is 10.1. The van der Waals surface area contributed by atoms with Crippen molar-refractivity contribution in [1.82, 2.24) is 14.9 Å². The average Bonchev–Trinajstić information content (AvgIpc) is 3.01. The van der Waals surface area contributed by atoms with Crippen LogP contribution in [0.3, 0.4) is 0 Å². The van der Waals surface area contributed by atoms with E-state index in [0.29, 0.717) is 5.25 Å². The van der Waals surface area contributed by atoms with Crippen molar-refractivity contribution in [3.63, 3.8) is 0 Å². The van der Waals surface area contributed by atoms with Crippen LogP contribution in [0.1, 0.15) is 33.6 Å². The molecule has 6 nitrogen and oxygen atoms in total. The zero-order chi connectivity index (χ0) is 20.3. The first-order valence-corrected chi connectivity index (χ1v) is 11.2. The molecule has 1 saturated heterocycles. The van der Waals surface area contributed by atoms with Crippen molar-refractivity contribution in [2.24, 2.45) is 0 Å². The lowest BCUT2D eigenvalue weighted by atomic mass is 10.0. The largest absolute Gasteiger partial charge is 0.395 e. The third kappa shape index (κ3) is 5.54. The van der Waals surface area contributed by atoms with Crippen LogP contribution in [0, 0.1) is 0 Å². The predicted molar refractivity (Wildman–Crippen MR) is 118 cm³/mol. The highest BCUT2D eigenvalue weighted by molar-refractivity contribution is 7.99. The molecule has 28 heavy (non-hydrogen) atoms. The number of H-pyrrole nitrogens is 1. The van der Waals surface area contributed by atoms with Crippen molar-refractivity contribution >= 4 is 40.1 Å².